The summed E-state index contributed by atoms with van der Waals surface area (Å²) in [5.41, 5.74) is 0.688. The van der Waals surface area contributed by atoms with E-state index in [9.17, 15) is 4.39 Å². The van der Waals surface area contributed by atoms with Crippen LogP contribution in [0.1, 0.15) is 19.4 Å². The molecule has 2 N–H and O–H groups in total. The van der Waals surface area contributed by atoms with Crippen molar-refractivity contribution in [2.45, 2.75) is 32.4 Å². The van der Waals surface area contributed by atoms with Crippen LogP contribution >= 0.6 is 15.9 Å². The fourth-order valence-electron chi connectivity index (χ4n) is 1.61. The third-order valence-electron chi connectivity index (χ3n) is 2.38. The summed E-state index contributed by atoms with van der Waals surface area (Å²) in [4.78, 5) is 0. The van der Waals surface area contributed by atoms with Gasteiger partial charge in [0.15, 0.2) is 0 Å². The molecule has 16 heavy (non-hydrogen) atoms. The van der Waals surface area contributed by atoms with E-state index >= 15 is 0 Å². The molecular weight excluding hydrogens is 273 g/mol. The summed E-state index contributed by atoms with van der Waals surface area (Å²) >= 11 is 3.23. The molecule has 1 rings (SSSR count). The van der Waals surface area contributed by atoms with Crippen LogP contribution in [0.15, 0.2) is 22.7 Å². The van der Waals surface area contributed by atoms with Gasteiger partial charge in [0.05, 0.1) is 6.61 Å². The van der Waals surface area contributed by atoms with E-state index in [2.05, 4.69) is 21.2 Å². The number of aliphatic hydroxyl groups is 1. The topological polar surface area (TPSA) is 32.3 Å². The second kappa shape index (κ2) is 6.33. The standard InChI is InChI=1S/C12H17BrFNO/c1-8(15-9(2)7-16)5-10-3-4-11(13)6-12(10)14/h3-4,6,8-9,15-16H,5,7H2,1-2H3/t8?,9-/m0/s1. The molecule has 0 fully saturated rings. The zero-order valence-corrected chi connectivity index (χ0v) is 11.1. The van der Waals surface area contributed by atoms with Crippen molar-refractivity contribution in [1.29, 1.82) is 0 Å². The summed E-state index contributed by atoms with van der Waals surface area (Å²) in [5, 5.41) is 12.1. The van der Waals surface area contributed by atoms with E-state index in [0.717, 1.165) is 4.47 Å². The van der Waals surface area contributed by atoms with Gasteiger partial charge in [-0.15, -0.1) is 0 Å². The zero-order valence-electron chi connectivity index (χ0n) is 9.50. The highest BCUT2D eigenvalue weighted by Crippen LogP contribution is 2.16. The molecule has 0 amide bonds. The highest BCUT2D eigenvalue weighted by Gasteiger charge is 2.10. The molecule has 2 nitrogen and oxygen atoms in total. The maximum atomic E-state index is 13.5. The van der Waals surface area contributed by atoms with Crippen LogP contribution in [0.2, 0.25) is 0 Å². The fourth-order valence-corrected chi connectivity index (χ4v) is 1.95. The predicted molar refractivity (Wildman–Crippen MR) is 66.9 cm³/mol. The Kier molecular flexibility index (Phi) is 5.38. The SMILES string of the molecule is CC(Cc1ccc(Br)cc1F)N[C@@H](C)CO. The molecule has 90 valence electrons. The summed E-state index contributed by atoms with van der Waals surface area (Å²) in [7, 11) is 0. The lowest BCUT2D eigenvalue weighted by Gasteiger charge is -2.18. The molecule has 0 aliphatic carbocycles. The van der Waals surface area contributed by atoms with E-state index < -0.39 is 0 Å². The Bertz CT molecular complexity index is 346. The van der Waals surface area contributed by atoms with Crippen LogP contribution in [0.25, 0.3) is 0 Å². The molecule has 1 aromatic rings. The maximum absolute atomic E-state index is 13.5. The summed E-state index contributed by atoms with van der Waals surface area (Å²) in [6, 6.07) is 5.26. The van der Waals surface area contributed by atoms with Crippen LogP contribution in [0, 0.1) is 5.82 Å². The molecule has 1 aromatic carbocycles. The first-order valence-electron chi connectivity index (χ1n) is 5.33. The van der Waals surface area contributed by atoms with Gasteiger partial charge in [-0.05, 0) is 38.0 Å². The number of aliphatic hydroxyl groups excluding tert-OH is 1. The van der Waals surface area contributed by atoms with E-state index in [0.29, 0.717) is 12.0 Å². The van der Waals surface area contributed by atoms with Gasteiger partial charge in [0, 0.05) is 16.6 Å². The molecule has 0 aromatic heterocycles. The molecule has 0 saturated heterocycles. The molecule has 0 spiro atoms. The van der Waals surface area contributed by atoms with Gasteiger partial charge in [-0.3, -0.25) is 0 Å². The lowest BCUT2D eigenvalue weighted by molar-refractivity contribution is 0.242. The van der Waals surface area contributed by atoms with Crippen LogP contribution in [-0.2, 0) is 6.42 Å². The molecule has 1 unspecified atom stereocenters. The monoisotopic (exact) mass is 289 g/mol. The molecule has 4 heteroatoms. The Morgan fingerprint density at radius 2 is 2.06 bits per heavy atom. The Hall–Kier alpha value is -0.450. The highest BCUT2D eigenvalue weighted by atomic mass is 79.9. The smallest absolute Gasteiger partial charge is 0.127 e. The third kappa shape index (κ3) is 4.20. The average molecular weight is 290 g/mol. The molecule has 0 heterocycles. The van der Waals surface area contributed by atoms with Gasteiger partial charge < -0.3 is 10.4 Å². The Morgan fingerprint density at radius 3 is 2.62 bits per heavy atom. The van der Waals surface area contributed by atoms with Gasteiger partial charge in [0.25, 0.3) is 0 Å². The summed E-state index contributed by atoms with van der Waals surface area (Å²) < 4.78 is 14.3. The Balaban J connectivity index is 2.59. The minimum Gasteiger partial charge on any atom is -0.395 e. The van der Waals surface area contributed by atoms with E-state index in [1.807, 2.05) is 19.9 Å². The normalized spacial score (nSPS) is 14.8. The lowest BCUT2D eigenvalue weighted by Crippen LogP contribution is -2.38. The molecule has 0 radical (unpaired) electrons. The van der Waals surface area contributed by atoms with Crippen molar-refractivity contribution in [3.05, 3.63) is 34.1 Å². The second-order valence-electron chi connectivity index (χ2n) is 4.09. The molecule has 2 atom stereocenters. The van der Waals surface area contributed by atoms with Crippen molar-refractivity contribution in [1.82, 2.24) is 5.32 Å². The Morgan fingerprint density at radius 1 is 1.38 bits per heavy atom. The zero-order chi connectivity index (χ0) is 12.1. The van der Waals surface area contributed by atoms with Crippen molar-refractivity contribution in [2.75, 3.05) is 6.61 Å². The maximum Gasteiger partial charge on any atom is 0.127 e. The second-order valence-corrected chi connectivity index (χ2v) is 5.01. The van der Waals surface area contributed by atoms with Crippen molar-refractivity contribution < 1.29 is 9.50 Å². The predicted octanol–water partition coefficient (Wildman–Crippen LogP) is 2.49. The lowest BCUT2D eigenvalue weighted by atomic mass is 10.1. The van der Waals surface area contributed by atoms with Crippen LogP contribution in [0.5, 0.6) is 0 Å². The van der Waals surface area contributed by atoms with Crippen LogP contribution < -0.4 is 5.32 Å². The van der Waals surface area contributed by atoms with Crippen molar-refractivity contribution in [3.63, 3.8) is 0 Å². The van der Waals surface area contributed by atoms with E-state index in [1.54, 1.807) is 6.07 Å². The summed E-state index contributed by atoms with van der Waals surface area (Å²) in [6.45, 7) is 3.97. The fraction of sp³-hybridized carbons (Fsp3) is 0.500. The minimum atomic E-state index is -0.195. The number of hydrogen-bond donors (Lipinski definition) is 2. The minimum absolute atomic E-state index is 0.0357. The quantitative estimate of drug-likeness (QED) is 0.873. The van der Waals surface area contributed by atoms with Gasteiger partial charge in [-0.2, -0.15) is 0 Å². The van der Waals surface area contributed by atoms with Crippen LogP contribution in [-0.4, -0.2) is 23.8 Å². The number of hydrogen-bond acceptors (Lipinski definition) is 2. The van der Waals surface area contributed by atoms with E-state index in [1.165, 1.54) is 6.07 Å². The van der Waals surface area contributed by atoms with Crippen LogP contribution in [0.3, 0.4) is 0 Å². The van der Waals surface area contributed by atoms with E-state index in [-0.39, 0.29) is 24.5 Å². The highest BCUT2D eigenvalue weighted by molar-refractivity contribution is 9.10. The van der Waals surface area contributed by atoms with Crippen molar-refractivity contribution in [2.24, 2.45) is 0 Å². The third-order valence-corrected chi connectivity index (χ3v) is 2.88. The van der Waals surface area contributed by atoms with Crippen molar-refractivity contribution in [3.8, 4) is 0 Å². The van der Waals surface area contributed by atoms with Gasteiger partial charge in [0.2, 0.25) is 0 Å². The van der Waals surface area contributed by atoms with Crippen molar-refractivity contribution >= 4 is 15.9 Å². The first kappa shape index (κ1) is 13.6. The molecular formula is C12H17BrFNO. The first-order chi connectivity index (χ1) is 7.52. The average Bonchev–Trinajstić information content (AvgIpc) is 2.22. The number of halogens is 2. The first-order valence-corrected chi connectivity index (χ1v) is 6.13. The van der Waals surface area contributed by atoms with E-state index in [4.69, 9.17) is 5.11 Å². The Labute approximate surface area is 104 Å². The molecule has 0 saturated carbocycles. The summed E-state index contributed by atoms with van der Waals surface area (Å²) in [6.07, 6.45) is 0.615. The van der Waals surface area contributed by atoms with Gasteiger partial charge >= 0.3 is 0 Å². The molecule has 0 aliphatic heterocycles. The summed E-state index contributed by atoms with van der Waals surface area (Å²) in [5.74, 6) is -0.195. The largest absolute Gasteiger partial charge is 0.395 e. The van der Waals surface area contributed by atoms with Gasteiger partial charge in [0.1, 0.15) is 5.82 Å². The molecule has 0 bridgehead atoms. The molecule has 0 aliphatic rings. The van der Waals surface area contributed by atoms with Crippen LogP contribution in [0.4, 0.5) is 4.39 Å². The number of nitrogens with one attached hydrogen (secondary N) is 1. The number of rotatable bonds is 5. The number of benzene rings is 1. The van der Waals surface area contributed by atoms with Gasteiger partial charge in [-0.25, -0.2) is 4.39 Å². The van der Waals surface area contributed by atoms with Gasteiger partial charge in [-0.1, -0.05) is 22.0 Å².